The Hall–Kier alpha value is -3.10. The number of sulfonamides is 2. The van der Waals surface area contributed by atoms with E-state index >= 15 is 0 Å². The third-order valence-corrected chi connectivity index (χ3v) is 9.13. The second kappa shape index (κ2) is 11.7. The zero-order valence-electron chi connectivity index (χ0n) is 21.1. The first kappa shape index (κ1) is 27.9. The summed E-state index contributed by atoms with van der Waals surface area (Å²) < 4.78 is 63.9. The van der Waals surface area contributed by atoms with Gasteiger partial charge in [-0.05, 0) is 36.4 Å². The van der Waals surface area contributed by atoms with Gasteiger partial charge in [-0.3, -0.25) is 14.7 Å². The molecule has 0 radical (unpaired) electrons. The molecule has 2 aromatic carbocycles. The van der Waals surface area contributed by atoms with Crippen LogP contribution in [0.3, 0.4) is 0 Å². The molecule has 1 aliphatic rings. The number of aromatic nitrogens is 1. The Labute approximate surface area is 222 Å². The van der Waals surface area contributed by atoms with E-state index in [2.05, 4.69) is 9.71 Å². The number of rotatable bonds is 10. The standard InChI is InChI=1S/C25H30N4O7S2/c1-35-25(30)24(28-13-15-29(16-14-28)37(2,31)32)17-27-38(33,34)21-9-7-20(8-10-21)36-18-19-11-12-26-23-6-4-3-5-22(19)23/h3-12,24,27H,13-18H2,1-2H3/t24-/m0/s1. The van der Waals surface area contributed by atoms with Crippen molar-refractivity contribution in [3.63, 3.8) is 0 Å². The zero-order valence-corrected chi connectivity index (χ0v) is 22.7. The number of methoxy groups -OCH3 is 1. The van der Waals surface area contributed by atoms with Gasteiger partial charge in [0.2, 0.25) is 20.0 Å². The number of nitrogens with zero attached hydrogens (tertiary/aromatic N) is 3. The van der Waals surface area contributed by atoms with Crippen molar-refractivity contribution < 1.29 is 31.1 Å². The Balaban J connectivity index is 1.38. The van der Waals surface area contributed by atoms with Crippen molar-refractivity contribution in [3.8, 4) is 5.75 Å². The lowest BCUT2D eigenvalue weighted by Gasteiger charge is -2.36. The Bertz CT molecular complexity index is 1480. The van der Waals surface area contributed by atoms with Crippen LogP contribution in [0, 0.1) is 0 Å². The lowest BCUT2D eigenvalue weighted by molar-refractivity contribution is -0.147. The number of pyridine rings is 1. The van der Waals surface area contributed by atoms with E-state index in [0.717, 1.165) is 22.7 Å². The van der Waals surface area contributed by atoms with Crippen molar-refractivity contribution in [2.45, 2.75) is 17.5 Å². The topological polar surface area (TPSA) is 135 Å². The maximum atomic E-state index is 12.9. The van der Waals surface area contributed by atoms with Crippen molar-refractivity contribution in [3.05, 3.63) is 66.4 Å². The molecule has 0 aliphatic carbocycles. The van der Waals surface area contributed by atoms with Crippen LogP contribution in [0.15, 0.2) is 65.7 Å². The fourth-order valence-corrected chi connectivity index (χ4v) is 6.14. The average molecular weight is 563 g/mol. The molecule has 0 unspecified atom stereocenters. The molecule has 38 heavy (non-hydrogen) atoms. The number of fused-ring (bicyclic) bond motifs is 1. The summed E-state index contributed by atoms with van der Waals surface area (Å²) in [6.07, 6.45) is 2.85. The van der Waals surface area contributed by atoms with Gasteiger partial charge in [0.15, 0.2) is 0 Å². The zero-order chi connectivity index (χ0) is 27.3. The summed E-state index contributed by atoms with van der Waals surface area (Å²) in [6.45, 7) is 1.02. The predicted octanol–water partition coefficient (Wildman–Crippen LogP) is 1.21. The van der Waals surface area contributed by atoms with Gasteiger partial charge in [-0.1, -0.05) is 18.2 Å². The maximum Gasteiger partial charge on any atom is 0.324 e. The fourth-order valence-electron chi connectivity index (χ4n) is 4.27. The highest BCUT2D eigenvalue weighted by molar-refractivity contribution is 7.89. The first-order valence-electron chi connectivity index (χ1n) is 11.9. The highest BCUT2D eigenvalue weighted by atomic mass is 32.2. The lowest BCUT2D eigenvalue weighted by atomic mass is 10.1. The van der Waals surface area contributed by atoms with Crippen LogP contribution in [-0.2, 0) is 36.2 Å². The third-order valence-electron chi connectivity index (χ3n) is 6.39. The molecule has 13 heteroatoms. The van der Waals surface area contributed by atoms with Gasteiger partial charge in [-0.25, -0.2) is 21.6 Å². The van der Waals surface area contributed by atoms with Crippen molar-refractivity contribution in [1.29, 1.82) is 0 Å². The van der Waals surface area contributed by atoms with Crippen LogP contribution in [0.2, 0.25) is 0 Å². The summed E-state index contributed by atoms with van der Waals surface area (Å²) >= 11 is 0. The van der Waals surface area contributed by atoms with E-state index in [1.807, 2.05) is 30.3 Å². The molecular formula is C25H30N4O7S2. The molecule has 2 heterocycles. The minimum absolute atomic E-state index is 0.0183. The van der Waals surface area contributed by atoms with E-state index in [-0.39, 0.29) is 37.6 Å². The molecule has 1 fully saturated rings. The number of carbonyl (C=O) groups excluding carboxylic acids is 1. The van der Waals surface area contributed by atoms with E-state index in [9.17, 15) is 21.6 Å². The quantitative estimate of drug-likeness (QED) is 0.362. The number of piperazine rings is 1. The normalized spacial score (nSPS) is 16.3. The number of ether oxygens (including phenoxy) is 2. The molecule has 204 valence electrons. The number of esters is 1. The Morgan fingerprint density at radius 2 is 1.68 bits per heavy atom. The fraction of sp³-hybridized carbons (Fsp3) is 0.360. The smallest absolute Gasteiger partial charge is 0.324 e. The molecule has 11 nitrogen and oxygen atoms in total. The van der Waals surface area contributed by atoms with Crippen molar-refractivity contribution in [1.82, 2.24) is 18.9 Å². The summed E-state index contributed by atoms with van der Waals surface area (Å²) in [5.74, 6) is -0.103. The largest absolute Gasteiger partial charge is 0.489 e. The second-order valence-electron chi connectivity index (χ2n) is 8.84. The first-order valence-corrected chi connectivity index (χ1v) is 15.2. The van der Waals surface area contributed by atoms with Gasteiger partial charge in [-0.2, -0.15) is 4.31 Å². The van der Waals surface area contributed by atoms with Crippen LogP contribution >= 0.6 is 0 Å². The van der Waals surface area contributed by atoms with Gasteiger partial charge in [0, 0.05) is 49.9 Å². The van der Waals surface area contributed by atoms with Gasteiger partial charge in [-0.15, -0.1) is 0 Å². The molecule has 1 atom stereocenters. The number of para-hydroxylation sites is 1. The molecule has 1 aliphatic heterocycles. The lowest BCUT2D eigenvalue weighted by Crippen LogP contribution is -2.56. The predicted molar refractivity (Wildman–Crippen MR) is 141 cm³/mol. The van der Waals surface area contributed by atoms with Crippen LogP contribution in [0.25, 0.3) is 10.9 Å². The number of carbonyl (C=O) groups is 1. The van der Waals surface area contributed by atoms with Gasteiger partial charge in [0.05, 0.1) is 23.8 Å². The second-order valence-corrected chi connectivity index (χ2v) is 12.6. The minimum atomic E-state index is -3.94. The van der Waals surface area contributed by atoms with Gasteiger partial charge in [0.25, 0.3) is 0 Å². The van der Waals surface area contributed by atoms with Crippen LogP contribution in [0.1, 0.15) is 5.56 Å². The Morgan fingerprint density at radius 3 is 2.34 bits per heavy atom. The first-order chi connectivity index (χ1) is 18.1. The Morgan fingerprint density at radius 1 is 1.00 bits per heavy atom. The molecule has 0 spiro atoms. The monoisotopic (exact) mass is 562 g/mol. The third kappa shape index (κ3) is 6.66. The maximum absolute atomic E-state index is 12.9. The molecule has 1 saturated heterocycles. The number of hydrogen-bond donors (Lipinski definition) is 1. The average Bonchev–Trinajstić information content (AvgIpc) is 2.91. The molecule has 4 rings (SSSR count). The molecule has 1 N–H and O–H groups in total. The van der Waals surface area contributed by atoms with Gasteiger partial charge in [0.1, 0.15) is 18.4 Å². The van der Waals surface area contributed by atoms with E-state index in [1.54, 1.807) is 23.2 Å². The van der Waals surface area contributed by atoms with Gasteiger partial charge < -0.3 is 9.47 Å². The SMILES string of the molecule is COC(=O)[C@H](CNS(=O)(=O)c1ccc(OCc2ccnc3ccccc23)cc1)N1CCN(S(C)(=O)=O)CC1. The van der Waals surface area contributed by atoms with E-state index in [1.165, 1.54) is 23.5 Å². The Kier molecular flexibility index (Phi) is 8.63. The summed E-state index contributed by atoms with van der Waals surface area (Å²) in [4.78, 5) is 18.5. The van der Waals surface area contributed by atoms with E-state index in [4.69, 9.17) is 9.47 Å². The molecule has 0 amide bonds. The van der Waals surface area contributed by atoms with Crippen LogP contribution < -0.4 is 9.46 Å². The molecule has 3 aromatic rings. The van der Waals surface area contributed by atoms with Crippen LogP contribution in [-0.4, -0.2) is 89.1 Å². The summed E-state index contributed by atoms with van der Waals surface area (Å²) in [5, 5.41) is 0.983. The van der Waals surface area contributed by atoms with Crippen LogP contribution in [0.4, 0.5) is 0 Å². The number of benzene rings is 2. The molecule has 1 aromatic heterocycles. The molecule has 0 bridgehead atoms. The minimum Gasteiger partial charge on any atom is -0.489 e. The van der Waals surface area contributed by atoms with Crippen molar-refractivity contribution >= 4 is 36.9 Å². The van der Waals surface area contributed by atoms with E-state index < -0.39 is 32.1 Å². The number of hydrogen-bond acceptors (Lipinski definition) is 9. The van der Waals surface area contributed by atoms with E-state index in [0.29, 0.717) is 12.4 Å². The van der Waals surface area contributed by atoms with Crippen molar-refractivity contribution in [2.75, 3.05) is 46.1 Å². The molecular weight excluding hydrogens is 532 g/mol. The summed E-state index contributed by atoms with van der Waals surface area (Å²) in [7, 11) is -6.05. The number of nitrogens with one attached hydrogen (secondary N) is 1. The summed E-state index contributed by atoms with van der Waals surface area (Å²) in [5.41, 5.74) is 1.82. The van der Waals surface area contributed by atoms with Gasteiger partial charge >= 0.3 is 5.97 Å². The highest BCUT2D eigenvalue weighted by Gasteiger charge is 2.33. The molecule has 0 saturated carbocycles. The van der Waals surface area contributed by atoms with Crippen LogP contribution in [0.5, 0.6) is 5.75 Å². The highest BCUT2D eigenvalue weighted by Crippen LogP contribution is 2.21. The van der Waals surface area contributed by atoms with Crippen molar-refractivity contribution in [2.24, 2.45) is 0 Å². The summed E-state index contributed by atoms with van der Waals surface area (Å²) in [6, 6.07) is 14.7.